The van der Waals surface area contributed by atoms with E-state index in [0.717, 1.165) is 22.6 Å². The Bertz CT molecular complexity index is 1160. The van der Waals surface area contributed by atoms with Crippen molar-refractivity contribution in [2.24, 2.45) is 20.0 Å². The third-order valence-corrected chi connectivity index (χ3v) is 6.21. The van der Waals surface area contributed by atoms with Crippen molar-refractivity contribution >= 4 is 22.8 Å². The maximum absolute atomic E-state index is 13.0. The highest BCUT2D eigenvalue weighted by atomic mass is 32.2. The molecule has 148 valence electrons. The van der Waals surface area contributed by atoms with Gasteiger partial charge in [-0.05, 0) is 42.9 Å². The molecule has 0 aliphatic heterocycles. The fourth-order valence-electron chi connectivity index (χ4n) is 3.40. The van der Waals surface area contributed by atoms with Crippen LogP contribution in [0, 0.1) is 19.8 Å². The van der Waals surface area contributed by atoms with E-state index in [-0.39, 0.29) is 11.2 Å². The number of hydrogen-bond donors (Lipinski definition) is 0. The predicted molar refractivity (Wildman–Crippen MR) is 116 cm³/mol. The van der Waals surface area contributed by atoms with Crippen molar-refractivity contribution in [1.29, 1.82) is 0 Å². The Morgan fingerprint density at radius 2 is 1.79 bits per heavy atom. The van der Waals surface area contributed by atoms with Gasteiger partial charge in [-0.2, -0.15) is 0 Å². The van der Waals surface area contributed by atoms with Crippen molar-refractivity contribution in [2.75, 3.05) is 0 Å². The zero-order valence-corrected chi connectivity index (χ0v) is 18.2. The average molecular weight is 398 g/mol. The number of pyridine rings is 1. The maximum Gasteiger partial charge on any atom is 0.332 e. The van der Waals surface area contributed by atoms with Gasteiger partial charge in [0.1, 0.15) is 5.65 Å². The summed E-state index contributed by atoms with van der Waals surface area (Å²) in [6.45, 7) is 8.51. The molecule has 3 rings (SSSR count). The molecule has 0 fully saturated rings. The van der Waals surface area contributed by atoms with Gasteiger partial charge in [0, 0.05) is 30.9 Å². The van der Waals surface area contributed by atoms with Gasteiger partial charge in [0.2, 0.25) is 0 Å². The zero-order chi connectivity index (χ0) is 20.6. The number of aryl methyl sites for hydroxylation is 3. The summed E-state index contributed by atoms with van der Waals surface area (Å²) < 4.78 is 2.63. The summed E-state index contributed by atoms with van der Waals surface area (Å²) in [5.74, 6) is 1.21. The summed E-state index contributed by atoms with van der Waals surface area (Å²) >= 11 is 1.66. The van der Waals surface area contributed by atoms with E-state index < -0.39 is 0 Å². The van der Waals surface area contributed by atoms with E-state index in [1.165, 1.54) is 32.9 Å². The summed E-state index contributed by atoms with van der Waals surface area (Å²) in [4.78, 5) is 30.7. The van der Waals surface area contributed by atoms with Crippen LogP contribution in [0.15, 0.2) is 38.9 Å². The van der Waals surface area contributed by atoms with E-state index in [9.17, 15) is 9.59 Å². The molecule has 0 spiro atoms. The second-order valence-corrected chi connectivity index (χ2v) is 8.82. The smallest absolute Gasteiger partial charge is 0.280 e. The molecule has 0 radical (unpaired) electrons. The topological polar surface area (TPSA) is 56.9 Å². The van der Waals surface area contributed by atoms with E-state index in [2.05, 4.69) is 50.9 Å². The van der Waals surface area contributed by atoms with Gasteiger partial charge in [-0.15, -0.1) is 11.8 Å². The SMILES string of the molecule is Cc1ccc(C)c(CSc2c(CC(C)C)cnc3c2c(=O)n(C)c(=O)n3C)c1. The van der Waals surface area contributed by atoms with Crippen LogP contribution in [0.2, 0.25) is 0 Å². The first-order valence-electron chi connectivity index (χ1n) is 9.47. The largest absolute Gasteiger partial charge is 0.332 e. The maximum atomic E-state index is 13.0. The first-order chi connectivity index (χ1) is 13.2. The molecule has 1 aromatic carbocycles. The Morgan fingerprint density at radius 1 is 1.07 bits per heavy atom. The van der Waals surface area contributed by atoms with E-state index in [1.807, 2.05) is 6.20 Å². The average Bonchev–Trinajstić information content (AvgIpc) is 2.65. The third kappa shape index (κ3) is 3.78. The summed E-state index contributed by atoms with van der Waals surface area (Å²) in [5, 5.41) is 0.540. The minimum absolute atomic E-state index is 0.278. The lowest BCUT2D eigenvalue weighted by molar-refractivity contribution is 0.638. The van der Waals surface area contributed by atoms with E-state index in [1.54, 1.807) is 18.8 Å². The molecule has 0 bridgehead atoms. The molecular weight excluding hydrogens is 370 g/mol. The van der Waals surface area contributed by atoms with Crippen LogP contribution >= 0.6 is 11.8 Å². The molecule has 5 nitrogen and oxygen atoms in total. The van der Waals surface area contributed by atoms with Crippen LogP contribution in [-0.2, 0) is 26.3 Å². The molecule has 3 aromatic rings. The number of benzene rings is 1. The standard InChI is InChI=1S/C22H27N3O2S/c1-13(2)9-16-11-23-20-18(21(26)25(6)22(27)24(20)5)19(16)28-12-17-10-14(3)7-8-15(17)4/h7-8,10-11,13H,9,12H2,1-6H3. The van der Waals surface area contributed by atoms with Crippen molar-refractivity contribution in [3.63, 3.8) is 0 Å². The van der Waals surface area contributed by atoms with E-state index in [4.69, 9.17) is 0 Å². The van der Waals surface area contributed by atoms with Gasteiger partial charge in [-0.3, -0.25) is 13.9 Å². The minimum atomic E-state index is -0.355. The summed E-state index contributed by atoms with van der Waals surface area (Å²) in [5.41, 5.74) is 4.60. The number of fused-ring (bicyclic) bond motifs is 1. The Morgan fingerprint density at radius 3 is 2.46 bits per heavy atom. The van der Waals surface area contributed by atoms with Gasteiger partial charge in [-0.25, -0.2) is 9.78 Å². The fourth-order valence-corrected chi connectivity index (χ4v) is 4.65. The number of thioether (sulfide) groups is 1. The molecule has 0 unspecified atom stereocenters. The third-order valence-electron chi connectivity index (χ3n) is 5.00. The summed E-state index contributed by atoms with van der Waals surface area (Å²) in [6.07, 6.45) is 2.66. The number of hydrogen-bond acceptors (Lipinski definition) is 4. The highest BCUT2D eigenvalue weighted by Gasteiger charge is 2.18. The molecule has 0 N–H and O–H groups in total. The van der Waals surface area contributed by atoms with E-state index >= 15 is 0 Å². The molecule has 2 heterocycles. The predicted octanol–water partition coefficient (Wildman–Crippen LogP) is 3.74. The van der Waals surface area contributed by atoms with Crippen molar-refractivity contribution < 1.29 is 0 Å². The summed E-state index contributed by atoms with van der Waals surface area (Å²) in [7, 11) is 3.19. The lowest BCUT2D eigenvalue weighted by Crippen LogP contribution is -2.37. The van der Waals surface area contributed by atoms with Crippen LogP contribution in [0.25, 0.3) is 11.0 Å². The lowest BCUT2D eigenvalue weighted by atomic mass is 10.0. The van der Waals surface area contributed by atoms with Crippen LogP contribution in [0.5, 0.6) is 0 Å². The quantitative estimate of drug-likeness (QED) is 0.616. The second kappa shape index (κ2) is 7.95. The van der Waals surface area contributed by atoms with Crippen LogP contribution < -0.4 is 11.2 Å². The highest BCUT2D eigenvalue weighted by Crippen LogP contribution is 2.32. The van der Waals surface area contributed by atoms with Crippen LogP contribution in [0.4, 0.5) is 0 Å². The molecule has 0 saturated carbocycles. The fraction of sp³-hybridized carbons (Fsp3) is 0.409. The number of aromatic nitrogens is 3. The number of rotatable bonds is 5. The molecule has 0 aliphatic carbocycles. The lowest BCUT2D eigenvalue weighted by Gasteiger charge is -2.16. The van der Waals surface area contributed by atoms with Crippen molar-refractivity contribution in [1.82, 2.24) is 14.1 Å². The molecular formula is C22H27N3O2S. The van der Waals surface area contributed by atoms with Gasteiger partial charge in [0.25, 0.3) is 5.56 Å². The van der Waals surface area contributed by atoms with Gasteiger partial charge in [-0.1, -0.05) is 37.6 Å². The van der Waals surface area contributed by atoms with Gasteiger partial charge in [0.15, 0.2) is 0 Å². The monoisotopic (exact) mass is 397 g/mol. The number of nitrogens with zero attached hydrogens (tertiary/aromatic N) is 3. The Kier molecular flexibility index (Phi) is 5.79. The van der Waals surface area contributed by atoms with Crippen LogP contribution in [0.3, 0.4) is 0 Å². The van der Waals surface area contributed by atoms with Crippen LogP contribution in [0.1, 0.15) is 36.1 Å². The Labute approximate surface area is 169 Å². The van der Waals surface area contributed by atoms with Crippen molar-refractivity contribution in [2.45, 2.75) is 44.8 Å². The molecule has 0 aliphatic rings. The van der Waals surface area contributed by atoms with Gasteiger partial charge < -0.3 is 0 Å². The first kappa shape index (κ1) is 20.4. The van der Waals surface area contributed by atoms with Gasteiger partial charge >= 0.3 is 5.69 Å². The normalized spacial score (nSPS) is 11.5. The van der Waals surface area contributed by atoms with E-state index in [0.29, 0.717) is 17.0 Å². The second-order valence-electron chi connectivity index (χ2n) is 7.83. The molecule has 6 heteroatoms. The Hall–Kier alpha value is -2.34. The molecule has 2 aromatic heterocycles. The molecule has 28 heavy (non-hydrogen) atoms. The molecule has 0 saturated heterocycles. The highest BCUT2D eigenvalue weighted by molar-refractivity contribution is 7.98. The first-order valence-corrected chi connectivity index (χ1v) is 10.5. The summed E-state index contributed by atoms with van der Waals surface area (Å²) in [6, 6.07) is 6.44. The molecule has 0 amide bonds. The minimum Gasteiger partial charge on any atom is -0.280 e. The molecule has 0 atom stereocenters. The van der Waals surface area contributed by atoms with Crippen LogP contribution in [-0.4, -0.2) is 14.1 Å². The van der Waals surface area contributed by atoms with Crippen molar-refractivity contribution in [3.05, 3.63) is 67.5 Å². The van der Waals surface area contributed by atoms with Crippen molar-refractivity contribution in [3.8, 4) is 0 Å². The van der Waals surface area contributed by atoms with Gasteiger partial charge in [0.05, 0.1) is 5.39 Å². The zero-order valence-electron chi connectivity index (χ0n) is 17.4. The Balaban J connectivity index is 2.21.